The van der Waals surface area contributed by atoms with Gasteiger partial charge in [0.25, 0.3) is 0 Å². The van der Waals surface area contributed by atoms with Crippen molar-refractivity contribution < 1.29 is 34.9 Å². The second-order valence-electron chi connectivity index (χ2n) is 3.75. The molecule has 2 amide bonds. The molecule has 0 radical (unpaired) electrons. The van der Waals surface area contributed by atoms with Crippen LogP contribution in [0.3, 0.4) is 0 Å². The number of aliphatic carboxylic acids is 2. The van der Waals surface area contributed by atoms with E-state index < -0.39 is 35.8 Å². The van der Waals surface area contributed by atoms with Crippen LogP contribution < -0.4 is 10.6 Å². The predicted octanol–water partition coefficient (Wildman–Crippen LogP) is -1.28. The smallest absolute Gasteiger partial charge is 0.327 e. The summed E-state index contributed by atoms with van der Waals surface area (Å²) in [5, 5.41) is 22.2. The third kappa shape index (κ3) is 10.9. The summed E-state index contributed by atoms with van der Waals surface area (Å²) in [7, 11) is 2.22. The molecule has 0 saturated carbocycles. The molecule has 0 aromatic heterocycles. The maximum Gasteiger partial charge on any atom is 0.327 e. The lowest BCUT2D eigenvalue weighted by molar-refractivity contribution is -0.141. The van der Waals surface area contributed by atoms with Crippen molar-refractivity contribution in [2.24, 2.45) is 0 Å². The first-order valence-electron chi connectivity index (χ1n) is 5.48. The minimum atomic E-state index is -1.16. The van der Waals surface area contributed by atoms with E-state index in [2.05, 4.69) is 10.6 Å². The van der Waals surface area contributed by atoms with Gasteiger partial charge in [0.1, 0.15) is 12.1 Å². The van der Waals surface area contributed by atoms with Gasteiger partial charge in [-0.3, -0.25) is 9.59 Å². The molecule has 0 aliphatic rings. The topological polar surface area (TPSA) is 164 Å². The van der Waals surface area contributed by atoms with Crippen LogP contribution >= 0.6 is 21.6 Å². The van der Waals surface area contributed by atoms with Crippen molar-refractivity contribution in [1.82, 2.24) is 10.6 Å². The van der Waals surface area contributed by atoms with Gasteiger partial charge in [-0.15, -0.1) is 0 Å². The molecule has 0 aliphatic carbocycles. The lowest BCUT2D eigenvalue weighted by atomic mass is 10.3. The Morgan fingerprint density at radius 3 is 1.33 bits per heavy atom. The molecule has 6 N–H and O–H groups in total. The van der Waals surface area contributed by atoms with E-state index >= 15 is 0 Å². The van der Waals surface area contributed by atoms with Crippen molar-refractivity contribution in [1.29, 1.82) is 0 Å². The van der Waals surface area contributed by atoms with Gasteiger partial charge in [0.05, 0.1) is 0 Å². The zero-order valence-corrected chi connectivity index (χ0v) is 13.0. The summed E-state index contributed by atoms with van der Waals surface area (Å²) in [5.41, 5.74) is 0. The number of carbonyl (C=O) groups excluding carboxylic acids is 2. The minimum absolute atomic E-state index is 0. The first-order valence-corrected chi connectivity index (χ1v) is 7.97. The lowest BCUT2D eigenvalue weighted by Gasteiger charge is -2.14. The molecule has 0 unspecified atom stereocenters. The molecule has 0 aromatic carbocycles. The number of rotatable bonds is 9. The Labute approximate surface area is 128 Å². The minimum Gasteiger partial charge on any atom is -0.480 e. The second-order valence-corrected chi connectivity index (χ2v) is 6.30. The molecule has 11 heteroatoms. The van der Waals surface area contributed by atoms with Gasteiger partial charge in [-0.05, 0) is 0 Å². The van der Waals surface area contributed by atoms with Crippen LogP contribution in [-0.4, -0.2) is 63.0 Å². The standard InChI is InChI=1S/C10H16N2O6S2.H2O/c1-5(13)11-7(9(15)16)3-19-20-4-8(10(17)18)12-6(2)14;/h7-8H,3-4H2,1-2H3,(H,11,13)(H,12,14)(H,15,16)(H,17,18);1H2/t7-,8-;/m0./s1. The third-order valence-electron chi connectivity index (χ3n) is 1.90. The van der Waals surface area contributed by atoms with Gasteiger partial charge < -0.3 is 26.3 Å². The number of hydrogen-bond acceptors (Lipinski definition) is 6. The summed E-state index contributed by atoms with van der Waals surface area (Å²) in [6.45, 7) is 2.43. The number of carboxylic acids is 2. The summed E-state index contributed by atoms with van der Waals surface area (Å²) < 4.78 is 0. The van der Waals surface area contributed by atoms with E-state index in [9.17, 15) is 19.2 Å². The van der Waals surface area contributed by atoms with Gasteiger partial charge in [0.2, 0.25) is 11.8 Å². The summed E-state index contributed by atoms with van der Waals surface area (Å²) in [4.78, 5) is 43.2. The second kappa shape index (κ2) is 11.2. The van der Waals surface area contributed by atoms with E-state index in [1.807, 2.05) is 0 Å². The number of carboxylic acid groups (broad SMARTS) is 2. The molecule has 122 valence electrons. The van der Waals surface area contributed by atoms with Gasteiger partial charge in [-0.2, -0.15) is 0 Å². The molecule has 0 rings (SSSR count). The fourth-order valence-electron chi connectivity index (χ4n) is 1.07. The largest absolute Gasteiger partial charge is 0.480 e. The molecule has 0 saturated heterocycles. The first-order chi connectivity index (χ1) is 9.23. The predicted molar refractivity (Wildman–Crippen MR) is 79.0 cm³/mol. The molecule has 0 fully saturated rings. The number of amides is 2. The highest BCUT2D eigenvalue weighted by molar-refractivity contribution is 8.76. The van der Waals surface area contributed by atoms with E-state index in [0.29, 0.717) is 0 Å². The Morgan fingerprint density at radius 1 is 0.857 bits per heavy atom. The quantitative estimate of drug-likeness (QED) is 0.297. The third-order valence-corrected chi connectivity index (χ3v) is 4.33. The summed E-state index contributed by atoms with van der Waals surface area (Å²) in [6.07, 6.45) is 0. The fourth-order valence-corrected chi connectivity index (χ4v) is 3.38. The summed E-state index contributed by atoms with van der Waals surface area (Å²) in [5.74, 6) is -3.05. The number of nitrogens with one attached hydrogen (secondary N) is 2. The maximum absolute atomic E-state index is 10.8. The van der Waals surface area contributed by atoms with E-state index in [0.717, 1.165) is 21.6 Å². The fraction of sp³-hybridized carbons (Fsp3) is 0.600. The van der Waals surface area contributed by atoms with Gasteiger partial charge in [0.15, 0.2) is 0 Å². The molecular weight excluding hydrogens is 324 g/mol. The number of carbonyl (C=O) groups is 4. The van der Waals surface area contributed by atoms with Crippen LogP contribution in [0.15, 0.2) is 0 Å². The SMILES string of the molecule is CC(=O)N[C@@H](CSSC[C@H](NC(C)=O)C(=O)O)C(=O)O.O. The van der Waals surface area contributed by atoms with E-state index in [1.165, 1.54) is 13.8 Å². The van der Waals surface area contributed by atoms with Gasteiger partial charge in [0, 0.05) is 25.4 Å². The van der Waals surface area contributed by atoms with Crippen molar-refractivity contribution in [2.75, 3.05) is 11.5 Å². The maximum atomic E-state index is 10.8. The van der Waals surface area contributed by atoms with Crippen LogP contribution in [0.1, 0.15) is 13.8 Å². The first kappa shape index (κ1) is 21.8. The molecule has 0 aromatic rings. The average Bonchev–Trinajstić information content (AvgIpc) is 2.29. The van der Waals surface area contributed by atoms with E-state index in [1.54, 1.807) is 0 Å². The molecule has 0 heterocycles. The van der Waals surface area contributed by atoms with E-state index in [-0.39, 0.29) is 17.0 Å². The Bertz CT molecular complexity index is 356. The van der Waals surface area contributed by atoms with Crippen LogP contribution in [0, 0.1) is 0 Å². The van der Waals surface area contributed by atoms with Crippen molar-refractivity contribution in [3.05, 3.63) is 0 Å². The molecule has 0 aliphatic heterocycles. The summed E-state index contributed by atoms with van der Waals surface area (Å²) >= 11 is 0. The van der Waals surface area contributed by atoms with Crippen molar-refractivity contribution >= 4 is 45.3 Å². The normalized spacial score (nSPS) is 12.5. The zero-order valence-electron chi connectivity index (χ0n) is 11.4. The molecule has 2 atom stereocenters. The number of hydrogen-bond donors (Lipinski definition) is 4. The van der Waals surface area contributed by atoms with Crippen molar-refractivity contribution in [3.63, 3.8) is 0 Å². The van der Waals surface area contributed by atoms with Gasteiger partial charge >= 0.3 is 11.9 Å². The monoisotopic (exact) mass is 342 g/mol. The molecular formula is C10H18N2O7S2. The van der Waals surface area contributed by atoms with Crippen LogP contribution in [0.5, 0.6) is 0 Å². The Kier molecular flexibility index (Phi) is 11.7. The molecule has 21 heavy (non-hydrogen) atoms. The highest BCUT2D eigenvalue weighted by atomic mass is 33.1. The highest BCUT2D eigenvalue weighted by Gasteiger charge is 2.21. The Morgan fingerprint density at radius 2 is 1.14 bits per heavy atom. The average molecular weight is 342 g/mol. The van der Waals surface area contributed by atoms with E-state index in [4.69, 9.17) is 10.2 Å². The highest BCUT2D eigenvalue weighted by Crippen LogP contribution is 2.23. The van der Waals surface area contributed by atoms with Crippen LogP contribution in [0.4, 0.5) is 0 Å². The van der Waals surface area contributed by atoms with Crippen LogP contribution in [-0.2, 0) is 19.2 Å². The van der Waals surface area contributed by atoms with Gasteiger partial charge in [-0.25, -0.2) is 9.59 Å². The van der Waals surface area contributed by atoms with Crippen LogP contribution in [0.2, 0.25) is 0 Å². The Balaban J connectivity index is 0. The lowest BCUT2D eigenvalue weighted by Crippen LogP contribution is -2.42. The zero-order chi connectivity index (χ0) is 15.7. The summed E-state index contributed by atoms with van der Waals surface area (Å²) in [6, 6.07) is -2.07. The Hall–Kier alpha value is -1.46. The molecule has 0 spiro atoms. The molecule has 0 bridgehead atoms. The van der Waals surface area contributed by atoms with Crippen molar-refractivity contribution in [2.45, 2.75) is 25.9 Å². The van der Waals surface area contributed by atoms with Crippen LogP contribution in [0.25, 0.3) is 0 Å². The van der Waals surface area contributed by atoms with Gasteiger partial charge in [-0.1, -0.05) is 21.6 Å². The molecule has 9 nitrogen and oxygen atoms in total. The van der Waals surface area contributed by atoms with Crippen molar-refractivity contribution in [3.8, 4) is 0 Å².